The second-order valence-corrected chi connectivity index (χ2v) is 10.3. The Morgan fingerprint density at radius 1 is 1.19 bits per heavy atom. The molecule has 0 aromatic carbocycles. The van der Waals surface area contributed by atoms with Crippen molar-refractivity contribution in [2.24, 2.45) is 22.7 Å². The molecule has 0 aromatic heterocycles. The van der Waals surface area contributed by atoms with Crippen LogP contribution >= 0.6 is 0 Å². The van der Waals surface area contributed by atoms with Gasteiger partial charge in [0.05, 0.1) is 12.2 Å². The zero-order chi connectivity index (χ0) is 23.0. The summed E-state index contributed by atoms with van der Waals surface area (Å²) in [5, 5.41) is 33.4. The van der Waals surface area contributed by atoms with Crippen LogP contribution in [0.25, 0.3) is 0 Å². The number of hydrogen-bond donors (Lipinski definition) is 3. The molecule has 0 spiro atoms. The highest BCUT2D eigenvalue weighted by Crippen LogP contribution is 2.70. The number of carbonyl (C=O) groups is 3. The first-order valence-electron chi connectivity index (χ1n) is 11.0. The number of aliphatic hydroxyl groups is 3. The van der Waals surface area contributed by atoms with Crippen LogP contribution in [0.4, 0.5) is 4.39 Å². The van der Waals surface area contributed by atoms with Crippen molar-refractivity contribution >= 4 is 17.5 Å². The summed E-state index contributed by atoms with van der Waals surface area (Å²) < 4.78 is 21.7. The average molecular weight is 438 g/mol. The van der Waals surface area contributed by atoms with Gasteiger partial charge in [0.15, 0.2) is 18.0 Å². The van der Waals surface area contributed by atoms with E-state index < -0.39 is 64.5 Å². The van der Waals surface area contributed by atoms with E-state index in [0.717, 1.165) is 6.92 Å². The standard InChI is InChI=1S/C23H31FO7/c1-12(25)31-11-19(29)23(30)17(27)9-16-15-5-4-13-8-14(26)6-7-20(13,2)22(15,24)18(28)10-21(16,23)3/h8,15-18,27-28,30H,4-7,9-11H2,1-3H3/t15-,16-,17?,18?,20-,21-,22-,23-/m0/s1. The average Bonchev–Trinajstić information content (AvgIpc) is 2.89. The molecule has 0 heterocycles. The number of allylic oxidation sites excluding steroid dienone is 1. The minimum Gasteiger partial charge on any atom is -0.458 e. The van der Waals surface area contributed by atoms with Gasteiger partial charge in [-0.15, -0.1) is 0 Å². The monoisotopic (exact) mass is 438 g/mol. The highest BCUT2D eigenvalue weighted by Gasteiger charge is 2.76. The summed E-state index contributed by atoms with van der Waals surface area (Å²) in [5.74, 6) is -2.82. The molecule has 0 aliphatic heterocycles. The van der Waals surface area contributed by atoms with Gasteiger partial charge in [0.1, 0.15) is 5.67 Å². The number of halogens is 1. The molecular formula is C23H31FO7. The minimum absolute atomic E-state index is 0.00985. The highest BCUT2D eigenvalue weighted by atomic mass is 19.1. The van der Waals surface area contributed by atoms with Crippen molar-refractivity contribution in [3.05, 3.63) is 11.6 Å². The van der Waals surface area contributed by atoms with Gasteiger partial charge in [-0.3, -0.25) is 14.4 Å². The van der Waals surface area contributed by atoms with Crippen LogP contribution in [0.5, 0.6) is 0 Å². The first-order chi connectivity index (χ1) is 14.3. The summed E-state index contributed by atoms with van der Waals surface area (Å²) >= 11 is 0. The molecule has 3 fully saturated rings. The number of carbonyl (C=O) groups excluding carboxylic acids is 3. The van der Waals surface area contributed by atoms with E-state index in [1.54, 1.807) is 13.8 Å². The number of ether oxygens (including phenoxy) is 1. The van der Waals surface area contributed by atoms with Crippen LogP contribution in [0.1, 0.15) is 59.3 Å². The number of rotatable bonds is 3. The lowest BCUT2D eigenvalue weighted by Crippen LogP contribution is -2.70. The molecule has 3 N–H and O–H groups in total. The van der Waals surface area contributed by atoms with Gasteiger partial charge >= 0.3 is 5.97 Å². The van der Waals surface area contributed by atoms with E-state index in [9.17, 15) is 29.7 Å². The first kappa shape index (κ1) is 22.6. The molecule has 7 nitrogen and oxygen atoms in total. The predicted molar refractivity (Wildman–Crippen MR) is 106 cm³/mol. The van der Waals surface area contributed by atoms with Crippen LogP contribution in [-0.2, 0) is 19.1 Å². The van der Waals surface area contributed by atoms with E-state index in [1.165, 1.54) is 6.08 Å². The van der Waals surface area contributed by atoms with Gasteiger partial charge in [-0.2, -0.15) is 0 Å². The molecule has 172 valence electrons. The predicted octanol–water partition coefficient (Wildman–Crippen LogP) is 1.42. The summed E-state index contributed by atoms with van der Waals surface area (Å²) in [7, 11) is 0. The summed E-state index contributed by atoms with van der Waals surface area (Å²) in [5.41, 5.74) is -5.88. The molecule has 8 heteroatoms. The Morgan fingerprint density at radius 3 is 2.52 bits per heavy atom. The van der Waals surface area contributed by atoms with Crippen LogP contribution in [0.3, 0.4) is 0 Å². The van der Waals surface area contributed by atoms with Crippen molar-refractivity contribution in [1.82, 2.24) is 0 Å². The maximum atomic E-state index is 17.0. The Bertz CT molecular complexity index is 870. The van der Waals surface area contributed by atoms with Crippen molar-refractivity contribution < 1.29 is 38.8 Å². The lowest BCUT2D eigenvalue weighted by molar-refractivity contribution is -0.230. The van der Waals surface area contributed by atoms with Crippen LogP contribution in [0.2, 0.25) is 0 Å². The molecule has 4 aliphatic rings. The summed E-state index contributed by atoms with van der Waals surface area (Å²) in [6.45, 7) is 3.81. The van der Waals surface area contributed by atoms with Crippen molar-refractivity contribution in [3.8, 4) is 0 Å². The summed E-state index contributed by atoms with van der Waals surface area (Å²) in [4.78, 5) is 36.0. The summed E-state index contributed by atoms with van der Waals surface area (Å²) in [6.07, 6.45) is -0.293. The molecule has 0 radical (unpaired) electrons. The van der Waals surface area contributed by atoms with Crippen LogP contribution in [0.15, 0.2) is 11.6 Å². The zero-order valence-corrected chi connectivity index (χ0v) is 18.2. The van der Waals surface area contributed by atoms with Gasteiger partial charge in [0.25, 0.3) is 0 Å². The van der Waals surface area contributed by atoms with Crippen LogP contribution in [-0.4, -0.2) is 62.9 Å². The quantitative estimate of drug-likeness (QED) is 0.570. The number of fused-ring (bicyclic) bond motifs is 5. The second-order valence-electron chi connectivity index (χ2n) is 10.3. The summed E-state index contributed by atoms with van der Waals surface area (Å²) in [6, 6.07) is 0. The fourth-order valence-electron chi connectivity index (χ4n) is 7.37. The number of aliphatic hydroxyl groups excluding tert-OH is 2. The van der Waals surface area contributed by atoms with Crippen LogP contribution in [0, 0.1) is 22.7 Å². The molecule has 31 heavy (non-hydrogen) atoms. The highest BCUT2D eigenvalue weighted by molar-refractivity contribution is 5.92. The van der Waals surface area contributed by atoms with Gasteiger partial charge in [0, 0.05) is 30.1 Å². The molecule has 3 saturated carbocycles. The molecule has 0 aromatic rings. The Balaban J connectivity index is 1.75. The van der Waals surface area contributed by atoms with Crippen LogP contribution < -0.4 is 0 Å². The normalized spacial score (nSPS) is 48.9. The van der Waals surface area contributed by atoms with E-state index in [-0.39, 0.29) is 25.0 Å². The minimum atomic E-state index is -2.25. The van der Waals surface area contributed by atoms with Crippen molar-refractivity contribution in [3.63, 3.8) is 0 Å². The Labute approximate surface area is 180 Å². The van der Waals surface area contributed by atoms with Gasteiger partial charge in [-0.25, -0.2) is 4.39 Å². The Hall–Kier alpha value is -1.64. The molecular weight excluding hydrogens is 407 g/mol. The molecule has 8 atom stereocenters. The molecule has 2 unspecified atom stereocenters. The lowest BCUT2D eigenvalue weighted by atomic mass is 9.44. The van der Waals surface area contributed by atoms with E-state index in [4.69, 9.17) is 4.74 Å². The Kier molecular flexibility index (Phi) is 5.04. The number of esters is 1. The van der Waals surface area contributed by atoms with Crippen molar-refractivity contribution in [1.29, 1.82) is 0 Å². The third kappa shape index (κ3) is 2.70. The fourth-order valence-corrected chi connectivity index (χ4v) is 7.37. The zero-order valence-electron chi connectivity index (χ0n) is 18.2. The van der Waals surface area contributed by atoms with Crippen molar-refractivity contribution in [2.75, 3.05) is 6.61 Å². The third-order valence-corrected chi connectivity index (χ3v) is 9.09. The van der Waals surface area contributed by atoms with Gasteiger partial charge in [-0.1, -0.05) is 19.4 Å². The largest absolute Gasteiger partial charge is 0.458 e. The van der Waals surface area contributed by atoms with Gasteiger partial charge in [0.2, 0.25) is 5.78 Å². The van der Waals surface area contributed by atoms with E-state index in [2.05, 4.69) is 0 Å². The number of alkyl halides is 1. The SMILES string of the molecule is CC(=O)OCC(=O)[C@@]1(O)C(O)C[C@H]2[C@@H]3CCC4=CC(=O)CC[C@]4(C)[C@@]3(F)C(O)C[C@@]21C. The van der Waals surface area contributed by atoms with Gasteiger partial charge < -0.3 is 20.1 Å². The van der Waals surface area contributed by atoms with Crippen molar-refractivity contribution in [2.45, 2.75) is 82.8 Å². The van der Waals surface area contributed by atoms with E-state index in [0.29, 0.717) is 24.8 Å². The second kappa shape index (κ2) is 6.93. The lowest BCUT2D eigenvalue weighted by Gasteiger charge is -2.63. The maximum absolute atomic E-state index is 17.0. The smallest absolute Gasteiger partial charge is 0.303 e. The first-order valence-corrected chi connectivity index (χ1v) is 11.0. The molecule has 0 amide bonds. The number of Topliss-reactive ketones (excluding diaryl/α,β-unsaturated/α-hetero) is 1. The molecule has 0 bridgehead atoms. The third-order valence-electron chi connectivity index (χ3n) is 9.09. The molecule has 4 rings (SSSR count). The van der Waals surface area contributed by atoms with E-state index in [1.807, 2.05) is 0 Å². The fraction of sp³-hybridized carbons (Fsp3) is 0.783. The molecule has 0 saturated heterocycles. The maximum Gasteiger partial charge on any atom is 0.303 e. The number of hydrogen-bond acceptors (Lipinski definition) is 7. The number of ketones is 2. The molecule has 4 aliphatic carbocycles. The topological polar surface area (TPSA) is 121 Å². The van der Waals surface area contributed by atoms with E-state index >= 15 is 4.39 Å². The Morgan fingerprint density at radius 2 is 1.87 bits per heavy atom. The van der Waals surface area contributed by atoms with Gasteiger partial charge in [-0.05, 0) is 44.1 Å².